The van der Waals surface area contributed by atoms with Gasteiger partial charge in [0.2, 0.25) is 0 Å². The van der Waals surface area contributed by atoms with Gasteiger partial charge >= 0.3 is 0 Å². The summed E-state index contributed by atoms with van der Waals surface area (Å²) in [6, 6.07) is 0. The van der Waals surface area contributed by atoms with E-state index in [1.54, 1.807) is 13.8 Å². The first-order chi connectivity index (χ1) is 5.13. The smallest absolute Gasteiger partial charge is 0.132 e. The Bertz CT molecular complexity index is 97.4. The van der Waals surface area contributed by atoms with E-state index in [2.05, 4.69) is 0 Å². The third-order valence-electron chi connectivity index (χ3n) is 1.41. The first kappa shape index (κ1) is 10.6. The molecular weight excluding hydrogens is 140 g/mol. The minimum absolute atomic E-state index is 0.167. The minimum atomic E-state index is -0.167. The molecule has 0 unspecified atom stereocenters. The predicted octanol–water partition coefficient (Wildman–Crippen LogP) is 1.91. The largest absolute Gasteiger partial charge is 0.394 e. The molecule has 66 valence electrons. The molecule has 0 atom stereocenters. The molecule has 0 heterocycles. The van der Waals surface area contributed by atoms with E-state index in [0.29, 0.717) is 5.78 Å². The van der Waals surface area contributed by atoms with Gasteiger partial charge in [0.05, 0.1) is 0 Å². The van der Waals surface area contributed by atoms with E-state index < -0.39 is 0 Å². The number of aliphatic hydroxyl groups excluding tert-OH is 1. The molecule has 0 aliphatic heterocycles. The lowest BCUT2D eigenvalue weighted by Crippen LogP contribution is -2.02. The quantitative estimate of drug-likeness (QED) is 0.584. The molecule has 0 spiro atoms. The summed E-state index contributed by atoms with van der Waals surface area (Å²) in [7, 11) is 0. The van der Waals surface area contributed by atoms with E-state index in [1.807, 2.05) is 0 Å². The van der Waals surface area contributed by atoms with Crippen LogP contribution in [0.2, 0.25) is 0 Å². The molecular formula is C9H18O2. The number of hydrogen-bond acceptors (Lipinski definition) is 2. The molecule has 1 aliphatic carbocycles. The van der Waals surface area contributed by atoms with Gasteiger partial charge in [-0.3, -0.25) is 4.79 Å². The summed E-state index contributed by atoms with van der Waals surface area (Å²) in [6.07, 6.45) is 5.07. The van der Waals surface area contributed by atoms with E-state index in [4.69, 9.17) is 5.11 Å². The molecule has 1 N–H and O–H groups in total. The van der Waals surface area contributed by atoms with Gasteiger partial charge in [-0.15, -0.1) is 0 Å². The Morgan fingerprint density at radius 1 is 1.18 bits per heavy atom. The van der Waals surface area contributed by atoms with Crippen LogP contribution in [-0.2, 0) is 4.79 Å². The third kappa shape index (κ3) is 9.63. The van der Waals surface area contributed by atoms with E-state index >= 15 is 0 Å². The van der Waals surface area contributed by atoms with Crippen molar-refractivity contribution in [1.82, 2.24) is 0 Å². The molecule has 0 bridgehead atoms. The molecule has 1 saturated carbocycles. The molecule has 1 aliphatic rings. The molecule has 0 amide bonds. The zero-order valence-corrected chi connectivity index (χ0v) is 7.47. The number of hydrogen-bond donors (Lipinski definition) is 1. The Hall–Kier alpha value is -0.370. The van der Waals surface area contributed by atoms with Crippen LogP contribution in [0.4, 0.5) is 0 Å². The average Bonchev–Trinajstić information content (AvgIpc) is 1.87. The maximum Gasteiger partial charge on any atom is 0.132 e. The summed E-state index contributed by atoms with van der Waals surface area (Å²) in [5.41, 5.74) is 0. The van der Waals surface area contributed by atoms with Crippen LogP contribution in [0.25, 0.3) is 0 Å². The summed E-state index contributed by atoms with van der Waals surface area (Å²) in [6.45, 7) is 3.44. The van der Waals surface area contributed by atoms with E-state index in [1.165, 1.54) is 6.42 Å². The SMILES string of the molecule is CC(C)O.O=C1CCCCC1. The maximum absolute atomic E-state index is 10.5. The molecule has 1 fully saturated rings. The molecule has 2 nitrogen and oxygen atoms in total. The molecule has 2 heteroatoms. The van der Waals surface area contributed by atoms with Crippen LogP contribution in [0.5, 0.6) is 0 Å². The van der Waals surface area contributed by atoms with Gasteiger partial charge in [-0.05, 0) is 26.7 Å². The Balaban J connectivity index is 0.000000218. The van der Waals surface area contributed by atoms with Gasteiger partial charge < -0.3 is 5.11 Å². The maximum atomic E-state index is 10.5. The van der Waals surface area contributed by atoms with E-state index in [-0.39, 0.29) is 6.10 Å². The molecule has 0 aromatic heterocycles. The lowest BCUT2D eigenvalue weighted by molar-refractivity contribution is -0.120. The van der Waals surface area contributed by atoms with Gasteiger partial charge in [0.1, 0.15) is 5.78 Å². The van der Waals surface area contributed by atoms with Gasteiger partial charge in [0.25, 0.3) is 0 Å². The number of carbonyl (C=O) groups is 1. The normalized spacial score (nSPS) is 17.6. The lowest BCUT2D eigenvalue weighted by Gasteiger charge is -2.05. The van der Waals surface area contributed by atoms with Gasteiger partial charge in [-0.25, -0.2) is 0 Å². The second kappa shape index (κ2) is 6.35. The van der Waals surface area contributed by atoms with Crippen molar-refractivity contribution in [3.05, 3.63) is 0 Å². The molecule has 0 aromatic carbocycles. The number of rotatable bonds is 0. The van der Waals surface area contributed by atoms with E-state index in [0.717, 1.165) is 25.7 Å². The molecule has 11 heavy (non-hydrogen) atoms. The summed E-state index contributed by atoms with van der Waals surface area (Å²) < 4.78 is 0. The van der Waals surface area contributed by atoms with Gasteiger partial charge in [0, 0.05) is 18.9 Å². The summed E-state index contributed by atoms with van der Waals surface area (Å²) in [5, 5.41) is 8.06. The molecule has 1 rings (SSSR count). The summed E-state index contributed by atoms with van der Waals surface area (Å²) >= 11 is 0. The highest BCUT2D eigenvalue weighted by atomic mass is 16.3. The van der Waals surface area contributed by atoms with Crippen molar-refractivity contribution in [3.63, 3.8) is 0 Å². The van der Waals surface area contributed by atoms with Crippen LogP contribution in [0.1, 0.15) is 46.0 Å². The van der Waals surface area contributed by atoms with Crippen LogP contribution in [0.3, 0.4) is 0 Å². The Labute approximate surface area is 68.6 Å². The fourth-order valence-corrected chi connectivity index (χ4v) is 0.946. The first-order valence-electron chi connectivity index (χ1n) is 4.32. The van der Waals surface area contributed by atoms with Crippen molar-refractivity contribution in [2.75, 3.05) is 0 Å². The molecule has 0 radical (unpaired) electrons. The van der Waals surface area contributed by atoms with Crippen LogP contribution in [-0.4, -0.2) is 17.0 Å². The molecule has 0 aromatic rings. The summed E-state index contributed by atoms with van der Waals surface area (Å²) in [4.78, 5) is 10.5. The zero-order valence-electron chi connectivity index (χ0n) is 7.47. The van der Waals surface area contributed by atoms with Gasteiger partial charge in [-0.2, -0.15) is 0 Å². The number of Topliss-reactive ketones (excluding diaryl/α,β-unsaturated/α-hetero) is 1. The minimum Gasteiger partial charge on any atom is -0.394 e. The van der Waals surface area contributed by atoms with Crippen molar-refractivity contribution in [3.8, 4) is 0 Å². The van der Waals surface area contributed by atoms with Crippen molar-refractivity contribution < 1.29 is 9.90 Å². The van der Waals surface area contributed by atoms with Gasteiger partial charge in [0.15, 0.2) is 0 Å². The first-order valence-corrected chi connectivity index (χ1v) is 4.32. The fourth-order valence-electron chi connectivity index (χ4n) is 0.946. The van der Waals surface area contributed by atoms with Gasteiger partial charge in [-0.1, -0.05) is 6.42 Å². The van der Waals surface area contributed by atoms with Crippen molar-refractivity contribution in [2.24, 2.45) is 0 Å². The Kier molecular flexibility index (Phi) is 6.13. The van der Waals surface area contributed by atoms with Crippen LogP contribution < -0.4 is 0 Å². The van der Waals surface area contributed by atoms with Crippen molar-refractivity contribution in [1.29, 1.82) is 0 Å². The molecule has 0 saturated heterocycles. The monoisotopic (exact) mass is 158 g/mol. The van der Waals surface area contributed by atoms with Crippen molar-refractivity contribution >= 4 is 5.78 Å². The van der Waals surface area contributed by atoms with Crippen LogP contribution in [0.15, 0.2) is 0 Å². The highest BCUT2D eigenvalue weighted by molar-refractivity contribution is 5.78. The lowest BCUT2D eigenvalue weighted by atomic mass is 10.00. The number of carbonyl (C=O) groups excluding carboxylic acids is 1. The third-order valence-corrected chi connectivity index (χ3v) is 1.41. The highest BCUT2D eigenvalue weighted by Crippen LogP contribution is 2.12. The second-order valence-electron chi connectivity index (χ2n) is 3.19. The standard InChI is InChI=1S/C6H10O.C3H8O/c7-6-4-2-1-3-5-6;1-3(2)4/h1-5H2;3-4H,1-2H3. The average molecular weight is 158 g/mol. The highest BCUT2D eigenvalue weighted by Gasteiger charge is 2.05. The Morgan fingerprint density at radius 2 is 1.55 bits per heavy atom. The topological polar surface area (TPSA) is 37.3 Å². The fraction of sp³-hybridized carbons (Fsp3) is 0.889. The Morgan fingerprint density at radius 3 is 1.73 bits per heavy atom. The summed E-state index contributed by atoms with van der Waals surface area (Å²) in [5.74, 6) is 0.464. The number of aliphatic hydroxyl groups is 1. The second-order valence-corrected chi connectivity index (χ2v) is 3.19. The van der Waals surface area contributed by atoms with E-state index in [9.17, 15) is 4.79 Å². The van der Waals surface area contributed by atoms with Crippen LogP contribution >= 0.6 is 0 Å². The van der Waals surface area contributed by atoms with Crippen molar-refractivity contribution in [2.45, 2.75) is 52.1 Å². The van der Waals surface area contributed by atoms with Crippen LogP contribution in [0, 0.1) is 0 Å². The predicted molar refractivity (Wildman–Crippen MR) is 45.4 cm³/mol. The zero-order chi connectivity index (χ0) is 8.69. The number of ketones is 1.